The zero-order valence-corrected chi connectivity index (χ0v) is 12.9. The minimum absolute atomic E-state index is 0.00557. The monoisotopic (exact) mass is 315 g/mol. The highest BCUT2D eigenvalue weighted by Crippen LogP contribution is 2.31. The van der Waals surface area contributed by atoms with Crippen molar-refractivity contribution in [2.45, 2.75) is 25.8 Å². The zero-order chi connectivity index (χ0) is 14.8. The summed E-state index contributed by atoms with van der Waals surface area (Å²) in [6.45, 7) is 2.48. The number of carbonyl (C=O) groups excluding carboxylic acids is 1. The van der Waals surface area contributed by atoms with Crippen molar-refractivity contribution in [2.75, 3.05) is 12.3 Å². The van der Waals surface area contributed by atoms with Crippen molar-refractivity contribution in [3.8, 4) is 0 Å². The maximum Gasteiger partial charge on any atom is 0.232 e. The molecule has 0 aromatic heterocycles. The van der Waals surface area contributed by atoms with Gasteiger partial charge in [-0.3, -0.25) is 4.79 Å². The highest BCUT2D eigenvalue weighted by Gasteiger charge is 2.36. The lowest BCUT2D eigenvalue weighted by Crippen LogP contribution is -2.30. The van der Waals surface area contributed by atoms with Crippen LogP contribution in [0, 0.1) is 5.92 Å². The van der Waals surface area contributed by atoms with Gasteiger partial charge in [-0.1, -0.05) is 37.3 Å². The summed E-state index contributed by atoms with van der Waals surface area (Å²) in [6, 6.07) is 9.82. The van der Waals surface area contributed by atoms with Crippen molar-refractivity contribution in [1.82, 2.24) is 4.90 Å². The quantitative estimate of drug-likeness (QED) is 0.785. The van der Waals surface area contributed by atoms with Crippen molar-refractivity contribution in [3.63, 3.8) is 0 Å². The molecule has 1 fully saturated rings. The number of halogens is 1. The number of rotatable bonds is 5. The summed E-state index contributed by atoms with van der Waals surface area (Å²) in [7, 11) is 1.72. The lowest BCUT2D eigenvalue weighted by atomic mass is 10.0. The number of nitrogens with zero attached hydrogens (tertiary/aromatic N) is 1. The Morgan fingerprint density at radius 2 is 2.00 bits per heavy atom. The van der Waals surface area contributed by atoms with Crippen LogP contribution in [0.15, 0.2) is 30.3 Å². The molecule has 20 heavy (non-hydrogen) atoms. The Labute approximate surface area is 124 Å². The smallest absolute Gasteiger partial charge is 0.232 e. The standard InChI is InChI=1S/C14H18ClNO3S/c1-2-13(12-6-4-3-5-7-12)16-9-11(8-14(16)17)10-20(15,18)19/h3-7,11,13H,2,8-10H2,1H3. The Balaban J connectivity index is 2.14. The SMILES string of the molecule is CCC(c1ccccc1)N1CC(CS(=O)(=O)Cl)CC1=O. The van der Waals surface area contributed by atoms with Gasteiger partial charge in [0.05, 0.1) is 11.8 Å². The molecule has 1 aromatic rings. The van der Waals surface area contributed by atoms with Gasteiger partial charge in [0.1, 0.15) is 0 Å². The summed E-state index contributed by atoms with van der Waals surface area (Å²) in [5, 5.41) is 0. The number of carbonyl (C=O) groups is 1. The van der Waals surface area contributed by atoms with Gasteiger partial charge >= 0.3 is 0 Å². The highest BCUT2D eigenvalue weighted by molar-refractivity contribution is 8.13. The molecule has 110 valence electrons. The van der Waals surface area contributed by atoms with E-state index in [1.807, 2.05) is 37.3 Å². The maximum absolute atomic E-state index is 12.1. The fraction of sp³-hybridized carbons (Fsp3) is 0.500. The molecule has 0 bridgehead atoms. The third kappa shape index (κ3) is 3.73. The molecule has 0 N–H and O–H groups in total. The van der Waals surface area contributed by atoms with Gasteiger partial charge in [0, 0.05) is 29.6 Å². The largest absolute Gasteiger partial charge is 0.335 e. The third-order valence-corrected chi connectivity index (χ3v) is 4.87. The zero-order valence-electron chi connectivity index (χ0n) is 11.3. The summed E-state index contributed by atoms with van der Waals surface area (Å²) in [5.74, 6) is -0.337. The van der Waals surface area contributed by atoms with Crippen LogP contribution in [0.5, 0.6) is 0 Å². The average molecular weight is 316 g/mol. The number of hydrogen-bond donors (Lipinski definition) is 0. The van der Waals surface area contributed by atoms with Gasteiger partial charge in [-0.2, -0.15) is 0 Å². The lowest BCUT2D eigenvalue weighted by molar-refractivity contribution is -0.129. The van der Waals surface area contributed by atoms with Gasteiger partial charge in [-0.05, 0) is 12.0 Å². The van der Waals surface area contributed by atoms with E-state index in [1.165, 1.54) is 0 Å². The minimum Gasteiger partial charge on any atom is -0.335 e. The van der Waals surface area contributed by atoms with Gasteiger partial charge in [-0.25, -0.2) is 8.42 Å². The molecule has 6 heteroatoms. The average Bonchev–Trinajstić information content (AvgIpc) is 2.70. The van der Waals surface area contributed by atoms with Crippen molar-refractivity contribution in [2.24, 2.45) is 5.92 Å². The summed E-state index contributed by atoms with van der Waals surface area (Å²) in [6.07, 6.45) is 1.06. The van der Waals surface area contributed by atoms with Gasteiger partial charge in [0.15, 0.2) is 0 Å². The molecule has 4 nitrogen and oxygen atoms in total. The fourth-order valence-corrected chi connectivity index (χ4v) is 4.14. The van der Waals surface area contributed by atoms with E-state index in [0.29, 0.717) is 6.54 Å². The molecule has 1 aliphatic rings. The molecule has 1 heterocycles. The Hall–Kier alpha value is -1.07. The molecular weight excluding hydrogens is 298 g/mol. The van der Waals surface area contributed by atoms with Gasteiger partial charge in [-0.15, -0.1) is 0 Å². The van der Waals surface area contributed by atoms with E-state index in [9.17, 15) is 13.2 Å². The first kappa shape index (κ1) is 15.3. The molecule has 0 radical (unpaired) electrons. The van der Waals surface area contributed by atoms with E-state index in [-0.39, 0.29) is 30.0 Å². The fourth-order valence-electron chi connectivity index (χ4n) is 2.81. The van der Waals surface area contributed by atoms with Crippen LogP contribution in [0.3, 0.4) is 0 Å². The first-order valence-electron chi connectivity index (χ1n) is 6.67. The van der Waals surface area contributed by atoms with Gasteiger partial charge in [0.2, 0.25) is 15.0 Å². The first-order chi connectivity index (χ1) is 9.40. The lowest BCUT2D eigenvalue weighted by Gasteiger charge is -2.27. The predicted octanol–water partition coefficient (Wildman–Crippen LogP) is 2.55. The molecule has 0 aliphatic carbocycles. The Kier molecular flexibility index (Phi) is 4.70. The molecule has 1 aliphatic heterocycles. The van der Waals surface area contributed by atoms with Crippen LogP contribution >= 0.6 is 10.7 Å². The second kappa shape index (κ2) is 6.14. The first-order valence-corrected chi connectivity index (χ1v) is 9.15. The molecule has 2 rings (SSSR count). The van der Waals surface area contributed by atoms with Gasteiger partial charge in [0.25, 0.3) is 0 Å². The topological polar surface area (TPSA) is 54.5 Å². The maximum atomic E-state index is 12.1. The molecule has 0 saturated carbocycles. The Morgan fingerprint density at radius 1 is 1.35 bits per heavy atom. The van der Waals surface area contributed by atoms with Gasteiger partial charge < -0.3 is 4.90 Å². The normalized spacial score (nSPS) is 21.2. The summed E-state index contributed by atoms with van der Waals surface area (Å²) in [4.78, 5) is 13.9. The van der Waals surface area contributed by atoms with E-state index in [4.69, 9.17) is 10.7 Å². The Morgan fingerprint density at radius 3 is 2.55 bits per heavy atom. The van der Waals surface area contributed by atoms with Crippen molar-refractivity contribution in [3.05, 3.63) is 35.9 Å². The van der Waals surface area contributed by atoms with Crippen molar-refractivity contribution in [1.29, 1.82) is 0 Å². The summed E-state index contributed by atoms with van der Waals surface area (Å²) < 4.78 is 22.3. The van der Waals surface area contributed by atoms with Crippen LogP contribution < -0.4 is 0 Å². The number of amides is 1. The summed E-state index contributed by atoms with van der Waals surface area (Å²) in [5.41, 5.74) is 1.08. The third-order valence-electron chi connectivity index (χ3n) is 3.62. The number of likely N-dealkylation sites (tertiary alicyclic amines) is 1. The molecule has 1 amide bonds. The molecule has 1 saturated heterocycles. The number of benzene rings is 1. The van der Waals surface area contributed by atoms with Crippen LogP contribution in [-0.4, -0.2) is 31.5 Å². The second-order valence-electron chi connectivity index (χ2n) is 5.16. The molecular formula is C14H18ClNO3S. The van der Waals surface area contributed by atoms with Crippen LogP contribution in [0.2, 0.25) is 0 Å². The summed E-state index contributed by atoms with van der Waals surface area (Å²) >= 11 is 0. The molecule has 2 unspecified atom stereocenters. The minimum atomic E-state index is -3.56. The van der Waals surface area contributed by atoms with E-state index in [0.717, 1.165) is 12.0 Å². The Bertz CT molecular complexity index is 573. The predicted molar refractivity (Wildman–Crippen MR) is 78.9 cm³/mol. The van der Waals surface area contributed by atoms with Crippen molar-refractivity contribution < 1.29 is 13.2 Å². The molecule has 1 aromatic carbocycles. The van der Waals surface area contributed by atoms with E-state index in [2.05, 4.69) is 0 Å². The van der Waals surface area contributed by atoms with E-state index >= 15 is 0 Å². The van der Waals surface area contributed by atoms with Crippen LogP contribution in [0.1, 0.15) is 31.4 Å². The van der Waals surface area contributed by atoms with Crippen LogP contribution in [-0.2, 0) is 13.8 Å². The van der Waals surface area contributed by atoms with Crippen molar-refractivity contribution >= 4 is 25.6 Å². The molecule has 2 atom stereocenters. The van der Waals surface area contributed by atoms with E-state index < -0.39 is 9.05 Å². The van der Waals surface area contributed by atoms with Crippen LogP contribution in [0.4, 0.5) is 0 Å². The second-order valence-corrected chi connectivity index (χ2v) is 7.98. The molecule has 0 spiro atoms. The van der Waals surface area contributed by atoms with Crippen LogP contribution in [0.25, 0.3) is 0 Å². The van der Waals surface area contributed by atoms with E-state index in [1.54, 1.807) is 4.90 Å². The number of hydrogen-bond acceptors (Lipinski definition) is 3. The highest BCUT2D eigenvalue weighted by atomic mass is 35.7.